The lowest BCUT2D eigenvalue weighted by molar-refractivity contribution is -0.384. The van der Waals surface area contributed by atoms with Crippen molar-refractivity contribution in [2.75, 3.05) is 26.0 Å². The first-order chi connectivity index (χ1) is 12.9. The van der Waals surface area contributed by atoms with Gasteiger partial charge in [-0.2, -0.15) is 5.26 Å². The van der Waals surface area contributed by atoms with Crippen molar-refractivity contribution in [2.45, 2.75) is 0 Å². The quantitative estimate of drug-likeness (QED) is 0.458. The van der Waals surface area contributed by atoms with Crippen molar-refractivity contribution in [3.05, 3.63) is 70.3 Å². The largest absolute Gasteiger partial charge is 0.497 e. The van der Waals surface area contributed by atoms with Gasteiger partial charge in [0.1, 0.15) is 5.75 Å². The fraction of sp³-hybridized carbons (Fsp3) is 0.158. The highest BCUT2D eigenvalue weighted by molar-refractivity contribution is 5.93. The number of amides is 1. The molecule has 2 rings (SSSR count). The molecule has 27 heavy (non-hydrogen) atoms. The van der Waals surface area contributed by atoms with Crippen LogP contribution in [0.1, 0.15) is 5.56 Å². The van der Waals surface area contributed by atoms with Crippen molar-refractivity contribution >= 4 is 23.0 Å². The third-order valence-corrected chi connectivity index (χ3v) is 3.72. The SMILES string of the molecule is COc1ccc(NC(=O)CN(C)/C(=C/C#N)c2cccc([N+](=O)[O-])c2)cc1. The van der Waals surface area contributed by atoms with Crippen molar-refractivity contribution in [3.8, 4) is 11.8 Å². The van der Waals surface area contributed by atoms with Crippen LogP contribution in [0, 0.1) is 21.4 Å². The third-order valence-electron chi connectivity index (χ3n) is 3.72. The van der Waals surface area contributed by atoms with E-state index < -0.39 is 4.92 Å². The van der Waals surface area contributed by atoms with Crippen LogP contribution < -0.4 is 10.1 Å². The summed E-state index contributed by atoms with van der Waals surface area (Å²) in [4.78, 5) is 24.3. The maximum absolute atomic E-state index is 12.3. The molecule has 0 heterocycles. The molecular weight excluding hydrogens is 348 g/mol. The average Bonchev–Trinajstić information content (AvgIpc) is 2.66. The van der Waals surface area contributed by atoms with Gasteiger partial charge in [-0.05, 0) is 24.3 Å². The van der Waals surface area contributed by atoms with Crippen LogP contribution in [0.3, 0.4) is 0 Å². The maximum Gasteiger partial charge on any atom is 0.270 e. The van der Waals surface area contributed by atoms with Gasteiger partial charge in [0.25, 0.3) is 5.69 Å². The number of methoxy groups -OCH3 is 1. The van der Waals surface area contributed by atoms with Crippen LogP contribution in [0.25, 0.3) is 5.70 Å². The number of allylic oxidation sites excluding steroid dienone is 1. The van der Waals surface area contributed by atoms with Crippen molar-refractivity contribution in [1.29, 1.82) is 5.26 Å². The van der Waals surface area contributed by atoms with Gasteiger partial charge in [-0.1, -0.05) is 12.1 Å². The van der Waals surface area contributed by atoms with Gasteiger partial charge in [0.2, 0.25) is 5.91 Å². The summed E-state index contributed by atoms with van der Waals surface area (Å²) < 4.78 is 5.07. The molecule has 1 N–H and O–H groups in total. The minimum absolute atomic E-state index is 0.0394. The molecule has 0 aliphatic rings. The van der Waals surface area contributed by atoms with E-state index in [4.69, 9.17) is 10.00 Å². The predicted molar refractivity (Wildman–Crippen MR) is 101 cm³/mol. The normalized spacial score (nSPS) is 10.6. The average molecular weight is 366 g/mol. The summed E-state index contributed by atoms with van der Waals surface area (Å²) in [5.41, 5.74) is 1.40. The van der Waals surface area contributed by atoms with Gasteiger partial charge in [-0.3, -0.25) is 14.9 Å². The monoisotopic (exact) mass is 366 g/mol. The lowest BCUT2D eigenvalue weighted by atomic mass is 10.1. The highest BCUT2D eigenvalue weighted by Gasteiger charge is 2.15. The van der Waals surface area contributed by atoms with E-state index in [0.717, 1.165) is 0 Å². The Morgan fingerprint density at radius 3 is 2.63 bits per heavy atom. The Labute approximate surface area is 156 Å². The van der Waals surface area contributed by atoms with Crippen molar-refractivity contribution < 1.29 is 14.5 Å². The first kappa shape index (κ1) is 19.5. The van der Waals surface area contributed by atoms with Gasteiger partial charge < -0.3 is 15.0 Å². The molecule has 0 spiro atoms. The number of nitriles is 1. The summed E-state index contributed by atoms with van der Waals surface area (Å²) in [5.74, 6) is 0.381. The fourth-order valence-electron chi connectivity index (χ4n) is 2.43. The first-order valence-electron chi connectivity index (χ1n) is 7.94. The molecule has 0 radical (unpaired) electrons. The molecule has 138 valence electrons. The number of ether oxygens (including phenoxy) is 1. The van der Waals surface area contributed by atoms with Crippen molar-refractivity contribution in [3.63, 3.8) is 0 Å². The minimum atomic E-state index is -0.510. The summed E-state index contributed by atoms with van der Waals surface area (Å²) in [6, 6.07) is 14.7. The van der Waals surface area contributed by atoms with E-state index in [9.17, 15) is 14.9 Å². The van der Waals surface area contributed by atoms with Gasteiger partial charge in [0.05, 0.1) is 30.3 Å². The highest BCUT2D eigenvalue weighted by Crippen LogP contribution is 2.22. The number of carbonyl (C=O) groups is 1. The molecule has 2 aromatic carbocycles. The number of nitrogens with one attached hydrogen (secondary N) is 1. The van der Waals surface area contributed by atoms with Crippen LogP contribution in [-0.2, 0) is 4.79 Å². The van der Waals surface area contributed by atoms with Crippen molar-refractivity contribution in [1.82, 2.24) is 4.90 Å². The maximum atomic E-state index is 12.3. The number of carbonyl (C=O) groups excluding carboxylic acids is 1. The molecule has 8 heteroatoms. The molecule has 0 aliphatic carbocycles. The Bertz CT molecular complexity index is 901. The van der Waals surface area contributed by atoms with Gasteiger partial charge in [-0.25, -0.2) is 0 Å². The topological polar surface area (TPSA) is 108 Å². The molecule has 0 aromatic heterocycles. The van der Waals surface area contributed by atoms with Crippen LogP contribution in [0.4, 0.5) is 11.4 Å². The van der Waals surface area contributed by atoms with Crippen LogP contribution in [0.15, 0.2) is 54.6 Å². The second kappa shape index (κ2) is 9.01. The lowest BCUT2D eigenvalue weighted by Gasteiger charge is -2.21. The predicted octanol–water partition coefficient (Wildman–Crippen LogP) is 3.04. The van der Waals surface area contributed by atoms with Crippen LogP contribution in [0.2, 0.25) is 0 Å². The second-order valence-electron chi connectivity index (χ2n) is 5.60. The van der Waals surface area contributed by atoms with Crippen LogP contribution >= 0.6 is 0 Å². The molecular formula is C19H18N4O4. The van der Waals surface area contributed by atoms with E-state index in [-0.39, 0.29) is 18.1 Å². The number of nitro benzene ring substituents is 1. The Balaban J connectivity index is 2.12. The van der Waals surface area contributed by atoms with E-state index in [1.54, 1.807) is 49.4 Å². The first-order valence-corrected chi connectivity index (χ1v) is 7.94. The number of non-ortho nitro benzene ring substituents is 1. The number of rotatable bonds is 7. The summed E-state index contributed by atoms with van der Waals surface area (Å²) in [6.45, 7) is -0.0394. The summed E-state index contributed by atoms with van der Waals surface area (Å²) >= 11 is 0. The molecule has 0 unspecified atom stereocenters. The third kappa shape index (κ3) is 5.31. The number of nitro groups is 1. The van der Waals surface area contributed by atoms with E-state index >= 15 is 0 Å². The van der Waals surface area contributed by atoms with E-state index in [1.165, 1.54) is 24.3 Å². The summed E-state index contributed by atoms with van der Waals surface area (Å²) in [5, 5.41) is 22.8. The number of hydrogen-bond donors (Lipinski definition) is 1. The molecule has 0 atom stereocenters. The zero-order valence-electron chi connectivity index (χ0n) is 14.9. The Morgan fingerprint density at radius 1 is 1.33 bits per heavy atom. The molecule has 0 saturated heterocycles. The number of hydrogen-bond acceptors (Lipinski definition) is 6. The van der Waals surface area contributed by atoms with Gasteiger partial charge in [0.15, 0.2) is 0 Å². The van der Waals surface area contributed by atoms with E-state index in [1.807, 2.05) is 6.07 Å². The number of anilines is 1. The minimum Gasteiger partial charge on any atom is -0.497 e. The Hall–Kier alpha value is -3.86. The molecule has 8 nitrogen and oxygen atoms in total. The lowest BCUT2D eigenvalue weighted by Crippen LogP contribution is -2.29. The second-order valence-corrected chi connectivity index (χ2v) is 5.60. The molecule has 0 fully saturated rings. The smallest absolute Gasteiger partial charge is 0.270 e. The molecule has 2 aromatic rings. The Kier molecular flexibility index (Phi) is 6.49. The number of nitrogens with zero attached hydrogens (tertiary/aromatic N) is 3. The van der Waals surface area contributed by atoms with E-state index in [0.29, 0.717) is 22.7 Å². The number of benzene rings is 2. The van der Waals surface area contributed by atoms with Gasteiger partial charge >= 0.3 is 0 Å². The molecule has 0 bridgehead atoms. The van der Waals surface area contributed by atoms with Crippen LogP contribution in [-0.4, -0.2) is 36.4 Å². The van der Waals surface area contributed by atoms with Crippen molar-refractivity contribution in [2.24, 2.45) is 0 Å². The standard InChI is InChI=1S/C19H18N4O4/c1-22(13-19(24)21-15-6-8-17(27-2)9-7-15)18(10-11-20)14-4-3-5-16(12-14)23(25)26/h3-10,12H,13H2,1-2H3,(H,21,24)/b18-10+. The molecule has 0 aliphatic heterocycles. The summed E-state index contributed by atoms with van der Waals surface area (Å²) in [6.07, 6.45) is 1.25. The Morgan fingerprint density at radius 2 is 2.04 bits per heavy atom. The fourth-order valence-corrected chi connectivity index (χ4v) is 2.43. The van der Waals surface area contributed by atoms with Crippen LogP contribution in [0.5, 0.6) is 5.75 Å². The van der Waals surface area contributed by atoms with E-state index in [2.05, 4.69) is 5.32 Å². The molecule has 1 amide bonds. The highest BCUT2D eigenvalue weighted by atomic mass is 16.6. The molecule has 0 saturated carbocycles. The van der Waals surface area contributed by atoms with Gasteiger partial charge in [0, 0.05) is 36.5 Å². The summed E-state index contributed by atoms with van der Waals surface area (Å²) in [7, 11) is 3.19. The van der Waals surface area contributed by atoms with Gasteiger partial charge in [-0.15, -0.1) is 0 Å². The number of likely N-dealkylation sites (N-methyl/N-ethyl adjacent to an activating group) is 1. The zero-order valence-corrected chi connectivity index (χ0v) is 14.9. The zero-order chi connectivity index (χ0) is 19.8.